The first kappa shape index (κ1) is 20.6. The van der Waals surface area contributed by atoms with Crippen LogP contribution in [0.2, 0.25) is 5.15 Å². The van der Waals surface area contributed by atoms with Gasteiger partial charge in [-0.1, -0.05) is 43.1 Å². The Labute approximate surface area is 179 Å². The van der Waals surface area contributed by atoms with Gasteiger partial charge in [-0.15, -0.1) is 5.10 Å². The summed E-state index contributed by atoms with van der Waals surface area (Å²) in [6.07, 6.45) is -0.500. The molecule has 2 aliphatic rings. The number of hydrogen-bond acceptors (Lipinski definition) is 7. The van der Waals surface area contributed by atoms with Crippen LogP contribution in [0, 0.1) is 12.3 Å². The Balaban J connectivity index is 1.76. The van der Waals surface area contributed by atoms with Crippen LogP contribution in [0.1, 0.15) is 43.0 Å². The summed E-state index contributed by atoms with van der Waals surface area (Å²) >= 11 is 5.88. The molecule has 0 radical (unpaired) electrons. The number of esters is 2. The number of carbonyl (C=O) groups is 2. The number of cyclic esters (lactones) is 1. The second kappa shape index (κ2) is 7.23. The maximum atomic E-state index is 13.6. The van der Waals surface area contributed by atoms with Crippen LogP contribution < -0.4 is 4.74 Å². The smallest absolute Gasteiger partial charge is 0.348 e. The highest BCUT2D eigenvalue weighted by atomic mass is 35.5. The van der Waals surface area contributed by atoms with E-state index in [2.05, 4.69) is 10.2 Å². The minimum atomic E-state index is -1.03. The largest absolute Gasteiger partial charge is 0.496 e. The second-order valence-corrected chi connectivity index (χ2v) is 8.98. The number of nitrogens with zero attached hydrogens (tertiary/aromatic N) is 2. The van der Waals surface area contributed by atoms with E-state index < -0.39 is 28.9 Å². The van der Waals surface area contributed by atoms with Gasteiger partial charge in [-0.05, 0) is 31.5 Å². The van der Waals surface area contributed by atoms with Gasteiger partial charge >= 0.3 is 11.9 Å². The molecular weight excluding hydrogens is 408 g/mol. The molecule has 4 rings (SSSR count). The van der Waals surface area contributed by atoms with E-state index in [0.717, 1.165) is 5.56 Å². The summed E-state index contributed by atoms with van der Waals surface area (Å²) in [5, 5.41) is 8.36. The molecular formula is C22H23ClN2O5. The predicted octanol–water partition coefficient (Wildman–Crippen LogP) is 3.37. The lowest BCUT2D eigenvalue weighted by Crippen LogP contribution is -2.39. The quantitative estimate of drug-likeness (QED) is 0.672. The van der Waals surface area contributed by atoms with Crippen molar-refractivity contribution < 1.29 is 23.8 Å². The molecule has 1 aliphatic carbocycles. The molecule has 0 N–H and O–H groups in total. The first-order valence-corrected chi connectivity index (χ1v) is 10.1. The predicted molar refractivity (Wildman–Crippen MR) is 108 cm³/mol. The van der Waals surface area contributed by atoms with Gasteiger partial charge in [0.25, 0.3) is 0 Å². The lowest BCUT2D eigenvalue weighted by molar-refractivity contribution is -0.165. The van der Waals surface area contributed by atoms with Gasteiger partial charge in [0.1, 0.15) is 17.8 Å². The van der Waals surface area contributed by atoms with Crippen LogP contribution in [0.25, 0.3) is 0 Å². The standard InChI is InChI=1S/C22H23ClN2O5/c1-12-5-7-16(28-4)13(9-12)22(10-14(22)15-6-8-17(23)25-24-15)20(27)30-18-19(26)29-11-21(18,2)3/h5-9,14,18H,10-11H2,1-4H3/t14-,18+,22-/m1/s1. The SMILES string of the molecule is COc1ccc(C)cc1[C@]1(C(=O)O[C@H]2C(=O)OCC2(C)C)C[C@@H]1c1ccc(Cl)nn1. The maximum Gasteiger partial charge on any atom is 0.348 e. The van der Waals surface area contributed by atoms with Crippen LogP contribution in [0.4, 0.5) is 0 Å². The monoisotopic (exact) mass is 430 g/mol. The summed E-state index contributed by atoms with van der Waals surface area (Å²) in [5.74, 6) is -0.713. The molecule has 2 fully saturated rings. The molecule has 1 saturated carbocycles. The topological polar surface area (TPSA) is 87.6 Å². The molecule has 8 heteroatoms. The summed E-state index contributed by atoms with van der Waals surface area (Å²) in [7, 11) is 1.56. The van der Waals surface area contributed by atoms with E-state index in [1.54, 1.807) is 19.2 Å². The fourth-order valence-electron chi connectivity index (χ4n) is 4.08. The first-order valence-electron chi connectivity index (χ1n) is 9.71. The Kier molecular flexibility index (Phi) is 4.97. The summed E-state index contributed by atoms with van der Waals surface area (Å²) in [4.78, 5) is 25.8. The van der Waals surface area contributed by atoms with Crippen molar-refractivity contribution in [3.8, 4) is 5.75 Å². The van der Waals surface area contributed by atoms with Crippen molar-refractivity contribution in [3.63, 3.8) is 0 Å². The van der Waals surface area contributed by atoms with Crippen molar-refractivity contribution in [1.82, 2.24) is 10.2 Å². The Hall–Kier alpha value is -2.67. The van der Waals surface area contributed by atoms with E-state index in [9.17, 15) is 9.59 Å². The molecule has 1 aromatic heterocycles. The van der Waals surface area contributed by atoms with Crippen molar-refractivity contribution >= 4 is 23.5 Å². The van der Waals surface area contributed by atoms with Gasteiger partial charge in [-0.25, -0.2) is 4.79 Å². The summed E-state index contributed by atoms with van der Waals surface area (Å²) in [6, 6.07) is 9.06. The van der Waals surface area contributed by atoms with Crippen LogP contribution in [-0.4, -0.2) is 42.0 Å². The zero-order valence-corrected chi connectivity index (χ0v) is 18.0. The van der Waals surface area contributed by atoms with Crippen molar-refractivity contribution in [3.05, 3.63) is 52.3 Å². The number of benzene rings is 1. The van der Waals surface area contributed by atoms with Gasteiger partial charge in [0.15, 0.2) is 5.15 Å². The lowest BCUT2D eigenvalue weighted by Gasteiger charge is -2.26. The third-order valence-electron chi connectivity index (χ3n) is 5.91. The number of rotatable bonds is 5. The number of carbonyl (C=O) groups excluding carboxylic acids is 2. The van der Waals surface area contributed by atoms with Crippen LogP contribution in [0.15, 0.2) is 30.3 Å². The Morgan fingerprint density at radius 2 is 2.00 bits per heavy atom. The van der Waals surface area contributed by atoms with E-state index in [1.807, 2.05) is 39.0 Å². The summed E-state index contributed by atoms with van der Waals surface area (Å²) in [6.45, 7) is 5.82. The number of halogens is 1. The highest BCUT2D eigenvalue weighted by Crippen LogP contribution is 2.63. The van der Waals surface area contributed by atoms with Gasteiger partial charge < -0.3 is 14.2 Å². The molecule has 2 heterocycles. The fourth-order valence-corrected chi connectivity index (χ4v) is 4.18. The lowest BCUT2D eigenvalue weighted by atomic mass is 9.88. The second-order valence-electron chi connectivity index (χ2n) is 8.59. The molecule has 0 amide bonds. The third-order valence-corrected chi connectivity index (χ3v) is 6.11. The van der Waals surface area contributed by atoms with Gasteiger partial charge in [-0.3, -0.25) is 4.79 Å². The zero-order chi connectivity index (χ0) is 21.7. The van der Waals surface area contributed by atoms with E-state index >= 15 is 0 Å². The molecule has 7 nitrogen and oxygen atoms in total. The zero-order valence-electron chi connectivity index (χ0n) is 17.3. The van der Waals surface area contributed by atoms with Gasteiger partial charge in [0.05, 0.1) is 12.8 Å². The molecule has 30 heavy (non-hydrogen) atoms. The van der Waals surface area contributed by atoms with E-state index in [-0.39, 0.29) is 17.7 Å². The molecule has 0 unspecified atom stereocenters. The van der Waals surface area contributed by atoms with Gasteiger partial charge in [0, 0.05) is 16.9 Å². The van der Waals surface area contributed by atoms with E-state index in [1.165, 1.54) is 0 Å². The van der Waals surface area contributed by atoms with Crippen LogP contribution in [0.5, 0.6) is 5.75 Å². The van der Waals surface area contributed by atoms with Crippen LogP contribution in [0.3, 0.4) is 0 Å². The highest BCUT2D eigenvalue weighted by Gasteiger charge is 2.66. The van der Waals surface area contributed by atoms with Crippen molar-refractivity contribution in [2.45, 2.75) is 44.6 Å². The molecule has 0 spiro atoms. The number of aromatic nitrogens is 2. The Morgan fingerprint density at radius 1 is 1.23 bits per heavy atom. The molecule has 1 saturated heterocycles. The van der Waals surface area contributed by atoms with Crippen molar-refractivity contribution in [2.75, 3.05) is 13.7 Å². The minimum absolute atomic E-state index is 0.205. The first-order chi connectivity index (χ1) is 14.2. The van der Waals surface area contributed by atoms with Crippen molar-refractivity contribution in [1.29, 1.82) is 0 Å². The maximum absolute atomic E-state index is 13.6. The van der Waals surface area contributed by atoms with Crippen molar-refractivity contribution in [2.24, 2.45) is 5.41 Å². The normalized spacial score (nSPS) is 26.8. The summed E-state index contributed by atoms with van der Waals surface area (Å²) < 4.78 is 16.5. The highest BCUT2D eigenvalue weighted by molar-refractivity contribution is 6.29. The number of methoxy groups -OCH3 is 1. The third kappa shape index (κ3) is 3.31. The average Bonchev–Trinajstić information content (AvgIpc) is 3.41. The molecule has 1 aromatic carbocycles. The van der Waals surface area contributed by atoms with Gasteiger partial charge in [0.2, 0.25) is 6.10 Å². The molecule has 0 bridgehead atoms. The average molecular weight is 431 g/mol. The Bertz CT molecular complexity index is 1010. The van der Waals surface area contributed by atoms with E-state index in [4.69, 9.17) is 25.8 Å². The minimum Gasteiger partial charge on any atom is -0.496 e. The fraction of sp³-hybridized carbons (Fsp3) is 0.455. The van der Waals surface area contributed by atoms with Gasteiger partial charge in [-0.2, -0.15) is 5.10 Å². The Morgan fingerprint density at radius 3 is 2.60 bits per heavy atom. The number of ether oxygens (including phenoxy) is 3. The summed E-state index contributed by atoms with van der Waals surface area (Å²) in [5.41, 5.74) is 0.689. The van der Waals surface area contributed by atoms with E-state index in [0.29, 0.717) is 23.4 Å². The number of aryl methyl sites for hydroxylation is 1. The molecule has 2 aromatic rings. The number of hydrogen-bond donors (Lipinski definition) is 0. The molecule has 1 aliphatic heterocycles. The molecule has 158 valence electrons. The molecule has 3 atom stereocenters. The van der Waals surface area contributed by atoms with Crippen LogP contribution >= 0.6 is 11.6 Å². The van der Waals surface area contributed by atoms with Crippen LogP contribution in [-0.2, 0) is 24.5 Å².